The molecule has 1 amide bonds. The van der Waals surface area contributed by atoms with Gasteiger partial charge in [-0.15, -0.1) is 11.3 Å². The maximum atomic E-state index is 13.0. The van der Waals surface area contributed by atoms with E-state index >= 15 is 0 Å². The molecule has 4 rings (SSSR count). The fraction of sp³-hybridized carbons (Fsp3) is 0.476. The Bertz CT molecular complexity index is 955. The van der Waals surface area contributed by atoms with Gasteiger partial charge < -0.3 is 19.8 Å². The van der Waals surface area contributed by atoms with Gasteiger partial charge in [0.1, 0.15) is 12.0 Å². The second-order valence-electron chi connectivity index (χ2n) is 7.74. The maximum absolute atomic E-state index is 13.0. The van der Waals surface area contributed by atoms with Gasteiger partial charge in [-0.2, -0.15) is 0 Å². The molecule has 2 aliphatic heterocycles. The highest BCUT2D eigenvalue weighted by Gasteiger charge is 2.39. The number of carbonyl (C=O) groups excluding carboxylic acids is 1. The fourth-order valence-electron chi connectivity index (χ4n) is 3.80. The SMILES string of the molecule is Cc1ncnc(C(=O)N2C[C@@H]3CN(Cc4cccs4)CCO[C@@H]3C2)c1C.O=C(O)C(=O)O. The summed E-state index contributed by atoms with van der Waals surface area (Å²) in [5.41, 5.74) is 2.24. The normalized spacial score (nSPS) is 20.6. The highest BCUT2D eigenvalue weighted by Crippen LogP contribution is 2.26. The number of aliphatic carboxylic acids is 2. The number of fused-ring (bicyclic) bond motifs is 1. The zero-order valence-corrected chi connectivity index (χ0v) is 18.7. The molecule has 0 unspecified atom stereocenters. The summed E-state index contributed by atoms with van der Waals surface area (Å²) < 4.78 is 6.08. The first-order valence-corrected chi connectivity index (χ1v) is 11.0. The van der Waals surface area contributed by atoms with Crippen LogP contribution >= 0.6 is 11.3 Å². The molecule has 0 aromatic carbocycles. The number of likely N-dealkylation sites (tertiary alicyclic amines) is 1. The van der Waals surface area contributed by atoms with E-state index in [4.69, 9.17) is 24.5 Å². The highest BCUT2D eigenvalue weighted by molar-refractivity contribution is 7.09. The Morgan fingerprint density at radius 3 is 2.56 bits per heavy atom. The standard InChI is InChI=1S/C19H24N4O2S.C2H2O4/c1-13-14(2)20-12-21-18(13)19(24)23-9-15-8-22(5-6-25-17(15)11-23)10-16-4-3-7-26-16;3-1(4)2(5)6/h3-4,7,12,15,17H,5-6,8-11H2,1-2H3;(H,3,4)(H,5,6)/t15-,17+;/m0./s1. The summed E-state index contributed by atoms with van der Waals surface area (Å²) in [5.74, 6) is -3.30. The summed E-state index contributed by atoms with van der Waals surface area (Å²) in [6.45, 7) is 8.80. The summed E-state index contributed by atoms with van der Waals surface area (Å²) in [6.07, 6.45) is 1.60. The Morgan fingerprint density at radius 2 is 1.91 bits per heavy atom. The van der Waals surface area contributed by atoms with Crippen molar-refractivity contribution in [2.45, 2.75) is 26.5 Å². The molecule has 0 aliphatic carbocycles. The molecule has 0 spiro atoms. The number of nitrogens with zero attached hydrogens (tertiary/aromatic N) is 4. The van der Waals surface area contributed by atoms with Crippen molar-refractivity contribution in [2.75, 3.05) is 32.8 Å². The van der Waals surface area contributed by atoms with E-state index in [9.17, 15) is 4.79 Å². The predicted octanol–water partition coefficient (Wildman–Crippen LogP) is 1.28. The van der Waals surface area contributed by atoms with Crippen LogP contribution in [0.4, 0.5) is 0 Å². The van der Waals surface area contributed by atoms with Crippen LogP contribution in [-0.4, -0.2) is 86.7 Å². The second kappa shape index (κ2) is 10.6. The van der Waals surface area contributed by atoms with Crippen LogP contribution in [-0.2, 0) is 20.9 Å². The minimum atomic E-state index is -1.82. The molecule has 10 nitrogen and oxygen atoms in total. The number of carboxylic acid groups (broad SMARTS) is 2. The Labute approximate surface area is 189 Å². The van der Waals surface area contributed by atoms with Gasteiger partial charge in [0.2, 0.25) is 0 Å². The molecule has 0 bridgehead atoms. The monoisotopic (exact) mass is 462 g/mol. The molecular weight excluding hydrogens is 436 g/mol. The lowest BCUT2D eigenvalue weighted by molar-refractivity contribution is -0.159. The van der Waals surface area contributed by atoms with Crippen molar-refractivity contribution in [3.63, 3.8) is 0 Å². The van der Waals surface area contributed by atoms with Crippen LogP contribution in [0.3, 0.4) is 0 Å². The molecule has 2 fully saturated rings. The zero-order chi connectivity index (χ0) is 23.3. The summed E-state index contributed by atoms with van der Waals surface area (Å²) in [7, 11) is 0. The van der Waals surface area contributed by atoms with E-state index in [-0.39, 0.29) is 12.0 Å². The first-order valence-electron chi connectivity index (χ1n) is 10.2. The fourth-order valence-corrected chi connectivity index (χ4v) is 4.54. The zero-order valence-electron chi connectivity index (χ0n) is 17.9. The van der Waals surface area contributed by atoms with Crippen molar-refractivity contribution in [3.8, 4) is 0 Å². The summed E-state index contributed by atoms with van der Waals surface area (Å²) in [4.78, 5) is 45.3. The average molecular weight is 463 g/mol. The van der Waals surface area contributed by atoms with E-state index in [0.29, 0.717) is 18.2 Å². The van der Waals surface area contributed by atoms with Gasteiger partial charge in [-0.25, -0.2) is 19.6 Å². The molecule has 0 radical (unpaired) electrons. The quantitative estimate of drug-likeness (QED) is 0.647. The molecule has 2 aromatic rings. The van der Waals surface area contributed by atoms with Gasteiger partial charge in [-0.05, 0) is 25.3 Å². The molecule has 172 valence electrons. The van der Waals surface area contributed by atoms with E-state index in [1.807, 2.05) is 18.7 Å². The molecule has 11 heteroatoms. The third-order valence-electron chi connectivity index (χ3n) is 5.58. The second-order valence-corrected chi connectivity index (χ2v) is 8.77. The van der Waals surface area contributed by atoms with Crippen LogP contribution in [0.15, 0.2) is 23.8 Å². The maximum Gasteiger partial charge on any atom is 0.414 e. The van der Waals surface area contributed by atoms with Gasteiger partial charge in [-0.1, -0.05) is 6.07 Å². The van der Waals surface area contributed by atoms with E-state index in [1.165, 1.54) is 11.2 Å². The van der Waals surface area contributed by atoms with Gasteiger partial charge in [0.25, 0.3) is 5.91 Å². The Kier molecular flexibility index (Phi) is 7.89. The van der Waals surface area contributed by atoms with E-state index in [0.717, 1.165) is 44.0 Å². The number of aromatic nitrogens is 2. The number of carbonyl (C=O) groups is 3. The molecule has 2 saturated heterocycles. The lowest BCUT2D eigenvalue weighted by Gasteiger charge is -2.23. The van der Waals surface area contributed by atoms with Crippen LogP contribution in [0.25, 0.3) is 0 Å². The number of aryl methyl sites for hydroxylation is 1. The number of ether oxygens (including phenoxy) is 1. The van der Waals surface area contributed by atoms with Crippen molar-refractivity contribution in [1.82, 2.24) is 19.8 Å². The molecule has 2 N–H and O–H groups in total. The van der Waals surface area contributed by atoms with Gasteiger partial charge in [-0.3, -0.25) is 9.69 Å². The lowest BCUT2D eigenvalue weighted by atomic mass is 10.1. The Hall–Kier alpha value is -2.89. The number of hydrogen-bond acceptors (Lipinski definition) is 8. The smallest absolute Gasteiger partial charge is 0.414 e. The topological polar surface area (TPSA) is 133 Å². The number of thiophene rings is 1. The van der Waals surface area contributed by atoms with Crippen LogP contribution < -0.4 is 0 Å². The molecular formula is C21H26N4O6S. The van der Waals surface area contributed by atoms with E-state index in [1.54, 1.807) is 11.3 Å². The van der Waals surface area contributed by atoms with Crippen LogP contribution in [0.1, 0.15) is 26.6 Å². The Balaban J connectivity index is 0.000000427. The van der Waals surface area contributed by atoms with Gasteiger partial charge in [0.15, 0.2) is 0 Å². The van der Waals surface area contributed by atoms with Crippen molar-refractivity contribution < 1.29 is 29.3 Å². The van der Waals surface area contributed by atoms with Gasteiger partial charge in [0.05, 0.1) is 12.7 Å². The van der Waals surface area contributed by atoms with E-state index in [2.05, 4.69) is 32.4 Å². The van der Waals surface area contributed by atoms with Crippen LogP contribution in [0.5, 0.6) is 0 Å². The van der Waals surface area contributed by atoms with E-state index < -0.39 is 11.9 Å². The third-order valence-corrected chi connectivity index (χ3v) is 6.44. The number of rotatable bonds is 3. The minimum absolute atomic E-state index is 0.00511. The van der Waals surface area contributed by atoms with Crippen molar-refractivity contribution >= 4 is 29.2 Å². The van der Waals surface area contributed by atoms with Crippen molar-refractivity contribution in [3.05, 3.63) is 45.7 Å². The molecule has 2 aliphatic rings. The van der Waals surface area contributed by atoms with Crippen molar-refractivity contribution in [1.29, 1.82) is 0 Å². The largest absolute Gasteiger partial charge is 0.473 e. The van der Waals surface area contributed by atoms with Gasteiger partial charge >= 0.3 is 11.9 Å². The highest BCUT2D eigenvalue weighted by atomic mass is 32.1. The first-order chi connectivity index (χ1) is 15.3. The first kappa shape index (κ1) is 23.8. The summed E-state index contributed by atoms with van der Waals surface area (Å²) >= 11 is 1.79. The molecule has 2 aromatic heterocycles. The minimum Gasteiger partial charge on any atom is -0.473 e. The summed E-state index contributed by atoms with van der Waals surface area (Å²) in [5, 5.41) is 16.9. The van der Waals surface area contributed by atoms with Crippen LogP contribution in [0, 0.1) is 19.8 Å². The Morgan fingerprint density at radius 1 is 1.16 bits per heavy atom. The van der Waals surface area contributed by atoms with Crippen molar-refractivity contribution in [2.24, 2.45) is 5.92 Å². The van der Waals surface area contributed by atoms with Gasteiger partial charge in [0, 0.05) is 54.8 Å². The molecule has 4 heterocycles. The lowest BCUT2D eigenvalue weighted by Crippen LogP contribution is -2.34. The van der Waals surface area contributed by atoms with Crippen LogP contribution in [0.2, 0.25) is 0 Å². The number of carboxylic acids is 2. The molecule has 32 heavy (non-hydrogen) atoms. The predicted molar refractivity (Wildman–Crippen MR) is 116 cm³/mol. The molecule has 2 atom stereocenters. The average Bonchev–Trinajstić information content (AvgIpc) is 3.36. The number of amides is 1. The molecule has 0 saturated carbocycles. The third kappa shape index (κ3) is 5.87. The number of hydrogen-bond donors (Lipinski definition) is 2. The summed E-state index contributed by atoms with van der Waals surface area (Å²) in [6, 6.07) is 4.28.